The maximum absolute atomic E-state index is 14.9. The number of anilines is 1. The number of aliphatic hydroxyl groups excluding tert-OH is 1. The minimum atomic E-state index is -2.47. The summed E-state index contributed by atoms with van der Waals surface area (Å²) in [5, 5.41) is 81.1. The molecule has 1 aliphatic heterocycles. The molecule has 0 radical (unpaired) electrons. The molecule has 14 amide bonds. The van der Waals surface area contributed by atoms with Crippen molar-refractivity contribution in [3.8, 4) is 10.6 Å². The zero-order valence-electron chi connectivity index (χ0n) is 63.8. The van der Waals surface area contributed by atoms with Crippen LogP contribution in [0.2, 0.25) is 5.02 Å². The first-order valence-electron chi connectivity index (χ1n) is 36.4. The number of aromatic amines is 1. The number of aromatic nitrogens is 2. The van der Waals surface area contributed by atoms with Crippen molar-refractivity contribution in [1.29, 1.82) is 0 Å². The molecule has 13 unspecified atom stereocenters. The maximum atomic E-state index is 14.9. The van der Waals surface area contributed by atoms with Gasteiger partial charge in [-0.05, 0) is 75.0 Å². The molecule has 0 saturated carbocycles. The Kier molecular flexibility index (Phi) is 35.7. The molecule has 3 aromatic carbocycles. The molecule has 6 rings (SSSR count). The predicted molar refractivity (Wildman–Crippen MR) is 414 cm³/mol. The van der Waals surface area contributed by atoms with Crippen LogP contribution in [-0.4, -0.2) is 253 Å². The maximum Gasteiger partial charge on any atom is 0.329 e. The van der Waals surface area contributed by atoms with Crippen LogP contribution in [-0.2, 0) is 109 Å². The Morgan fingerprint density at radius 1 is 0.605 bits per heavy atom. The number of hydrogen-bond acceptors (Lipinski definition) is 26. The fourth-order valence-electron chi connectivity index (χ4n) is 11.7. The molecule has 1 fully saturated rings. The largest absolute Gasteiger partial charge is 0.481 e. The number of ketones is 1. The molecule has 0 bridgehead atoms. The van der Waals surface area contributed by atoms with E-state index in [1.807, 2.05) is 16.0 Å². The lowest BCUT2D eigenvalue weighted by Crippen LogP contribution is -2.62. The molecule has 3 heterocycles. The zero-order valence-corrected chi connectivity index (χ0v) is 65.3. The first-order chi connectivity index (χ1) is 56.2. The van der Waals surface area contributed by atoms with Gasteiger partial charge in [0.05, 0.1) is 63.9 Å². The van der Waals surface area contributed by atoms with Crippen LogP contribution in [0.1, 0.15) is 93.8 Å². The number of ether oxygens (including phenoxy) is 1. The van der Waals surface area contributed by atoms with Gasteiger partial charge in [0.15, 0.2) is 5.78 Å². The van der Waals surface area contributed by atoms with Crippen molar-refractivity contribution < 1.29 is 126 Å². The summed E-state index contributed by atoms with van der Waals surface area (Å²) in [5.74, 6) is -30.3. The number of fused-ring (bicyclic) bond motifs is 1. The van der Waals surface area contributed by atoms with Gasteiger partial charge in [-0.3, -0.25) is 91.1 Å². The number of nitrogens with one attached hydrogen (secondary N) is 14. The Balaban J connectivity index is 1.40. The topological polar surface area (TPSA) is 715 Å². The summed E-state index contributed by atoms with van der Waals surface area (Å²) in [5.41, 5.74) is 18.9. The average molecular weight is 1700 g/mol. The van der Waals surface area contributed by atoms with Crippen molar-refractivity contribution in [2.45, 2.75) is 158 Å². The highest BCUT2D eigenvalue weighted by Crippen LogP contribution is 2.26. The minimum absolute atomic E-state index is 0.104. The highest BCUT2D eigenvalue weighted by atomic mass is 35.5. The van der Waals surface area contributed by atoms with E-state index in [9.17, 15) is 121 Å². The number of primary amides is 1. The number of hydrogen-bond donors (Lipinski definition) is 22. The Hall–Kier alpha value is -13.6. The number of carbonyl (C=O) groups is 20. The van der Waals surface area contributed by atoms with E-state index in [1.54, 1.807) is 60.1 Å². The van der Waals surface area contributed by atoms with Gasteiger partial charge in [-0.15, -0.1) is 11.3 Å². The van der Waals surface area contributed by atoms with E-state index in [2.05, 4.69) is 63.1 Å². The fourth-order valence-corrected chi connectivity index (χ4v) is 12.7. The molecule has 13 atom stereocenters. The number of nitrogens with two attached hydrogens (primary N) is 3. The van der Waals surface area contributed by atoms with Gasteiger partial charge in [0.25, 0.3) is 0 Å². The van der Waals surface area contributed by atoms with Gasteiger partial charge in [0.2, 0.25) is 82.7 Å². The number of aliphatic carboxylic acids is 4. The van der Waals surface area contributed by atoms with E-state index in [4.69, 9.17) is 33.5 Å². The zero-order chi connectivity index (χ0) is 88.1. The highest BCUT2D eigenvalue weighted by Gasteiger charge is 2.41. The first-order valence-corrected chi connectivity index (χ1v) is 37.7. The number of esters is 1. The van der Waals surface area contributed by atoms with Crippen LogP contribution in [0.3, 0.4) is 0 Å². The van der Waals surface area contributed by atoms with Crippen LogP contribution in [0.4, 0.5) is 5.69 Å². The van der Waals surface area contributed by atoms with Crippen LogP contribution >= 0.6 is 22.9 Å². The fraction of sp³-hybridized carbons (Fsp3) is 0.411. The van der Waals surface area contributed by atoms with Crippen molar-refractivity contribution in [2.24, 2.45) is 17.4 Å². The molecule has 46 heteroatoms. The number of Topliss-reactive ketones (excluding diaryl/α,β-unsaturated/α-hetero) is 1. The van der Waals surface area contributed by atoms with Gasteiger partial charge in [0, 0.05) is 57.2 Å². The van der Waals surface area contributed by atoms with Crippen LogP contribution < -0.4 is 86.3 Å². The number of carboxylic acid groups (broad SMARTS) is 4. The number of cyclic esters (lactones) is 1. The van der Waals surface area contributed by atoms with Crippen LogP contribution in [0.25, 0.3) is 21.5 Å². The minimum Gasteiger partial charge on any atom is -0.481 e. The molecule has 0 aliphatic carbocycles. The third-order valence-corrected chi connectivity index (χ3v) is 19.0. The van der Waals surface area contributed by atoms with Gasteiger partial charge in [-0.2, -0.15) is 0 Å². The first kappa shape index (κ1) is 94.3. The number of nitrogen functional groups attached to an aromatic ring is 1. The third kappa shape index (κ3) is 29.6. The number of thiazole rings is 1. The highest BCUT2D eigenvalue weighted by molar-refractivity contribution is 7.13. The summed E-state index contributed by atoms with van der Waals surface area (Å²) in [4.78, 5) is 282. The SMILES string of the molecule is CC1NC(=O)C(CC(=O)O)NC(=O)C(CCCN)NC(=O)CNC(=O)C(NC(=O)C(CC(=O)O)NC(=O)C(CC(N)=O)NC(=O)C(Cc2c[nH]c3ccccc23)NC(=O)Cc2csc(-c3ccc(Cl)cc3)n2)C(C)OC(=O)C(CC(=O)c2ccccc2N)NC(=O)C(C(C)CC(=O)O)NC(=O)C(CO)NC(=O)CNC(=O)C(CC(=O)O)NC1=O. The van der Waals surface area contributed by atoms with E-state index in [0.29, 0.717) is 32.1 Å². The molecule has 5 aromatic rings. The molecule has 44 nitrogen and oxygen atoms in total. The van der Waals surface area contributed by atoms with Crippen LogP contribution in [0.15, 0.2) is 84.4 Å². The van der Waals surface area contributed by atoms with Gasteiger partial charge >= 0.3 is 29.8 Å². The van der Waals surface area contributed by atoms with Crippen LogP contribution in [0.5, 0.6) is 0 Å². The Labute approximate surface area is 683 Å². The molecule has 0 spiro atoms. The molecule has 2 aromatic heterocycles. The van der Waals surface area contributed by atoms with Gasteiger partial charge in [-0.25, -0.2) is 9.78 Å². The summed E-state index contributed by atoms with van der Waals surface area (Å²) < 4.78 is 5.68. The summed E-state index contributed by atoms with van der Waals surface area (Å²) >= 11 is 7.27. The summed E-state index contributed by atoms with van der Waals surface area (Å²) in [6.07, 6.45) is -8.98. The van der Waals surface area contributed by atoms with E-state index in [1.165, 1.54) is 35.6 Å². The third-order valence-electron chi connectivity index (χ3n) is 17.8. The van der Waals surface area contributed by atoms with Crippen LogP contribution in [0, 0.1) is 5.92 Å². The van der Waals surface area contributed by atoms with E-state index < -0.39 is 268 Å². The monoisotopic (exact) mass is 1700 g/mol. The number of carboxylic acids is 4. The van der Waals surface area contributed by atoms with E-state index in [-0.39, 0.29) is 36.3 Å². The number of carbonyl (C=O) groups excluding carboxylic acids is 16. The Morgan fingerprint density at radius 3 is 1.78 bits per heavy atom. The van der Waals surface area contributed by atoms with Crippen molar-refractivity contribution in [1.82, 2.24) is 79.1 Å². The lowest BCUT2D eigenvalue weighted by Gasteiger charge is -2.30. The number of benzene rings is 3. The predicted octanol–water partition coefficient (Wildman–Crippen LogP) is -5.74. The lowest BCUT2D eigenvalue weighted by molar-refractivity contribution is -0.156. The summed E-state index contributed by atoms with van der Waals surface area (Å²) in [6.45, 7) is -1.02. The van der Waals surface area contributed by atoms with Crippen molar-refractivity contribution in [3.63, 3.8) is 0 Å². The van der Waals surface area contributed by atoms with Gasteiger partial charge in [0.1, 0.15) is 77.6 Å². The van der Waals surface area contributed by atoms with E-state index in [0.717, 1.165) is 20.8 Å². The quantitative estimate of drug-likeness (QED) is 0.0116. The summed E-state index contributed by atoms with van der Waals surface area (Å²) in [6, 6.07) is -4.33. The second-order valence-corrected chi connectivity index (χ2v) is 28.5. The molecule has 1 saturated heterocycles. The number of H-pyrrole nitrogens is 1. The van der Waals surface area contributed by atoms with Crippen molar-refractivity contribution >= 4 is 158 Å². The smallest absolute Gasteiger partial charge is 0.329 e. The van der Waals surface area contributed by atoms with Crippen molar-refractivity contribution in [3.05, 3.63) is 106 Å². The number of amides is 14. The average Bonchev–Trinajstić information content (AvgIpc) is 1.64. The number of aliphatic hydroxyl groups is 1. The molecule has 119 heavy (non-hydrogen) atoms. The van der Waals surface area contributed by atoms with Crippen molar-refractivity contribution in [2.75, 3.05) is 32.0 Å². The molecule has 25 N–H and O–H groups in total. The lowest BCUT2D eigenvalue weighted by atomic mass is 9.96. The van der Waals surface area contributed by atoms with E-state index >= 15 is 0 Å². The Morgan fingerprint density at radius 2 is 1.17 bits per heavy atom. The molecular weight excluding hydrogens is 1610 g/mol. The standard InChI is InChI=1S/C73H89ClN18O26S/c1-32(19-56(99)100)60-71(116)90-49(22-51(94)40-10-4-6-11-41(40)76)73(117)118-34(3)61(70(115)80-29-54(97)83-43(13-8-18-75)64(109)88-47(25-58(103)104)65(110)81-33(2)62(107)86-46(24-57(101)102)63(108)79-28-55(98)85-50(30-93)69(114)91-60)92-68(113)48(26-59(105)106)89-67(112)45(23-52(77)95)87-66(111)44(20-36-27-78-42-12-7-5-9-39(36)42)84-53(96)21-38-31-119-72(82-38)35-14-16-37(74)17-15-35/h4-7,9-12,14-17,27,31-34,43-50,60-61,78,93H,8,13,18-26,28-30,75-76H2,1-3H3,(H2,77,95)(H,79,108)(H,80,115)(H,81,110)(H,83,97)(H,84,96)(H,85,98)(H,86,107)(H,87,111)(H,88,109)(H,89,112)(H,90,116)(H,91,114)(H,92,113)(H,99,100)(H,101,102)(H,103,104)(H,105,106). The molecular formula is C73H89ClN18O26S. The number of halogens is 1. The molecule has 640 valence electrons. The second-order valence-electron chi connectivity index (χ2n) is 27.2. The second kappa shape index (κ2) is 45.1. The number of para-hydroxylation sites is 2. The number of rotatable bonds is 30. The van der Waals surface area contributed by atoms with Gasteiger partial charge < -0.3 is 122 Å². The summed E-state index contributed by atoms with van der Waals surface area (Å²) in [7, 11) is 0. The normalized spacial score (nSPS) is 20.8. The Bertz CT molecular complexity index is 4660. The molecule has 1 aliphatic rings. The van der Waals surface area contributed by atoms with Gasteiger partial charge in [-0.1, -0.05) is 61.0 Å². The number of nitrogens with zero attached hydrogens (tertiary/aromatic N) is 1.